The van der Waals surface area contributed by atoms with Crippen LogP contribution in [0.15, 0.2) is 17.3 Å². The van der Waals surface area contributed by atoms with Crippen molar-refractivity contribution in [3.05, 3.63) is 33.7 Å². The molecule has 0 amide bonds. The van der Waals surface area contributed by atoms with Crippen molar-refractivity contribution < 1.29 is 4.79 Å². The van der Waals surface area contributed by atoms with Crippen LogP contribution >= 0.6 is 0 Å². The Morgan fingerprint density at radius 1 is 0.944 bits per heavy atom. The van der Waals surface area contributed by atoms with Gasteiger partial charge in [-0.2, -0.15) is 0 Å². The van der Waals surface area contributed by atoms with Crippen molar-refractivity contribution in [3.8, 4) is 0 Å². The van der Waals surface area contributed by atoms with Crippen molar-refractivity contribution in [2.75, 3.05) is 0 Å². The molecular formula is C15H21NO2. The molecule has 98 valence electrons. The Kier molecular flexibility index (Phi) is 3.75. The maximum atomic E-state index is 11.2. The molecule has 0 heterocycles. The zero-order valence-corrected chi connectivity index (χ0v) is 12.0. The summed E-state index contributed by atoms with van der Waals surface area (Å²) in [6, 6.07) is 3.53. The third kappa shape index (κ3) is 2.84. The van der Waals surface area contributed by atoms with Crippen LogP contribution in [0.5, 0.6) is 0 Å². The Balaban J connectivity index is 3.72. The predicted molar refractivity (Wildman–Crippen MR) is 74.7 cm³/mol. The van der Waals surface area contributed by atoms with Crippen molar-refractivity contribution in [1.29, 1.82) is 0 Å². The molecule has 0 spiro atoms. The third-order valence-electron chi connectivity index (χ3n) is 2.98. The molecule has 0 fully saturated rings. The van der Waals surface area contributed by atoms with Gasteiger partial charge in [0.1, 0.15) is 12.0 Å². The molecule has 1 rings (SSSR count). The number of rotatable bonds is 2. The number of benzene rings is 1. The van der Waals surface area contributed by atoms with Crippen LogP contribution in [0.4, 0.5) is 5.69 Å². The van der Waals surface area contributed by atoms with E-state index in [2.05, 4.69) is 5.18 Å². The molecule has 0 saturated heterocycles. The Bertz CT molecular complexity index is 441. The van der Waals surface area contributed by atoms with Crippen LogP contribution < -0.4 is 0 Å². The Morgan fingerprint density at radius 2 is 1.33 bits per heavy atom. The minimum Gasteiger partial charge on any atom is -0.298 e. The summed E-state index contributed by atoms with van der Waals surface area (Å²) in [6.07, 6.45) is 0.819. The van der Waals surface area contributed by atoms with Crippen molar-refractivity contribution in [2.24, 2.45) is 5.18 Å². The fraction of sp³-hybridized carbons (Fsp3) is 0.533. The SMILES string of the molecule is CC(C)(C)c1cc(C=O)cc(C(C)(C)C)c1N=O. The quantitative estimate of drug-likeness (QED) is 0.571. The van der Waals surface area contributed by atoms with Gasteiger partial charge >= 0.3 is 0 Å². The molecule has 3 nitrogen and oxygen atoms in total. The van der Waals surface area contributed by atoms with E-state index in [1.807, 2.05) is 41.5 Å². The molecular weight excluding hydrogens is 226 g/mol. The zero-order valence-electron chi connectivity index (χ0n) is 12.0. The summed E-state index contributed by atoms with van der Waals surface area (Å²) in [5, 5.41) is 3.21. The summed E-state index contributed by atoms with van der Waals surface area (Å²) >= 11 is 0. The first kappa shape index (κ1) is 14.6. The molecule has 0 saturated carbocycles. The average molecular weight is 247 g/mol. The van der Waals surface area contributed by atoms with Crippen LogP contribution in [0.3, 0.4) is 0 Å². The van der Waals surface area contributed by atoms with Gasteiger partial charge in [0.25, 0.3) is 0 Å². The molecule has 0 aliphatic carbocycles. The van der Waals surface area contributed by atoms with E-state index < -0.39 is 0 Å². The van der Waals surface area contributed by atoms with Crippen LogP contribution in [0.2, 0.25) is 0 Å². The molecule has 1 aromatic rings. The highest BCUT2D eigenvalue weighted by Crippen LogP contribution is 2.40. The fourth-order valence-electron chi connectivity index (χ4n) is 1.97. The fourth-order valence-corrected chi connectivity index (χ4v) is 1.97. The minimum atomic E-state index is -0.220. The highest BCUT2D eigenvalue weighted by Gasteiger charge is 2.27. The van der Waals surface area contributed by atoms with E-state index in [1.54, 1.807) is 12.1 Å². The van der Waals surface area contributed by atoms with Gasteiger partial charge < -0.3 is 0 Å². The highest BCUT2D eigenvalue weighted by atomic mass is 16.3. The average Bonchev–Trinajstić information content (AvgIpc) is 2.24. The van der Waals surface area contributed by atoms with Crippen LogP contribution in [-0.2, 0) is 10.8 Å². The van der Waals surface area contributed by atoms with E-state index in [-0.39, 0.29) is 10.8 Å². The normalized spacial score (nSPS) is 12.3. The lowest BCUT2D eigenvalue weighted by Gasteiger charge is -2.27. The number of carbonyl (C=O) groups is 1. The lowest BCUT2D eigenvalue weighted by atomic mass is 9.78. The van der Waals surface area contributed by atoms with Gasteiger partial charge in [0.2, 0.25) is 0 Å². The van der Waals surface area contributed by atoms with Crippen molar-refractivity contribution in [2.45, 2.75) is 52.4 Å². The van der Waals surface area contributed by atoms with Crippen molar-refractivity contribution in [3.63, 3.8) is 0 Å². The van der Waals surface area contributed by atoms with Gasteiger partial charge in [0, 0.05) is 5.56 Å². The van der Waals surface area contributed by atoms with E-state index >= 15 is 0 Å². The van der Waals surface area contributed by atoms with Crippen LogP contribution in [0.25, 0.3) is 0 Å². The van der Waals surface area contributed by atoms with Gasteiger partial charge in [-0.25, -0.2) is 0 Å². The molecule has 0 radical (unpaired) electrons. The Labute approximate surface area is 109 Å². The summed E-state index contributed by atoms with van der Waals surface area (Å²) in [7, 11) is 0. The standard InChI is InChI=1S/C15H21NO2/c1-14(2,3)11-7-10(9-17)8-12(13(11)16-18)15(4,5)6/h7-9H,1-6H3. The van der Waals surface area contributed by atoms with Gasteiger partial charge in [0.15, 0.2) is 0 Å². The van der Waals surface area contributed by atoms with E-state index in [9.17, 15) is 9.70 Å². The number of nitrogens with zero attached hydrogens (tertiary/aromatic N) is 1. The minimum absolute atomic E-state index is 0.220. The molecule has 0 bridgehead atoms. The van der Waals surface area contributed by atoms with Gasteiger partial charge in [-0.3, -0.25) is 4.79 Å². The second-order valence-corrected chi connectivity index (χ2v) is 6.67. The summed E-state index contributed by atoms with van der Waals surface area (Å²) in [5.74, 6) is 0. The lowest BCUT2D eigenvalue weighted by Crippen LogP contribution is -2.17. The molecule has 0 aliphatic heterocycles. The third-order valence-corrected chi connectivity index (χ3v) is 2.98. The second-order valence-electron chi connectivity index (χ2n) is 6.67. The van der Waals surface area contributed by atoms with E-state index in [0.717, 1.165) is 17.4 Å². The number of carbonyl (C=O) groups excluding carboxylic acids is 1. The number of hydrogen-bond acceptors (Lipinski definition) is 3. The summed E-state index contributed by atoms with van der Waals surface area (Å²) in [6.45, 7) is 12.1. The number of hydrogen-bond donors (Lipinski definition) is 0. The molecule has 0 aliphatic rings. The Morgan fingerprint density at radius 3 is 1.56 bits per heavy atom. The molecule has 3 heteroatoms. The monoisotopic (exact) mass is 247 g/mol. The summed E-state index contributed by atoms with van der Waals surface area (Å²) in [5.41, 5.74) is 2.28. The first-order valence-electron chi connectivity index (χ1n) is 6.09. The van der Waals surface area contributed by atoms with Gasteiger partial charge in [-0.15, -0.1) is 4.91 Å². The van der Waals surface area contributed by atoms with E-state index in [4.69, 9.17) is 0 Å². The maximum absolute atomic E-state index is 11.2. The smallest absolute Gasteiger partial charge is 0.150 e. The van der Waals surface area contributed by atoms with Gasteiger partial charge in [0.05, 0.1) is 0 Å². The first-order valence-corrected chi connectivity index (χ1v) is 6.09. The molecule has 18 heavy (non-hydrogen) atoms. The number of nitroso groups, excluding NO2 is 1. The lowest BCUT2D eigenvalue weighted by molar-refractivity contribution is 0.112. The summed E-state index contributed by atoms with van der Waals surface area (Å²) < 4.78 is 0. The predicted octanol–water partition coefficient (Wildman–Crippen LogP) is 4.49. The Hall–Kier alpha value is -1.51. The molecule has 0 N–H and O–H groups in total. The van der Waals surface area contributed by atoms with Gasteiger partial charge in [-0.05, 0) is 39.3 Å². The van der Waals surface area contributed by atoms with E-state index in [1.165, 1.54) is 0 Å². The van der Waals surface area contributed by atoms with Crippen LogP contribution in [0.1, 0.15) is 63.0 Å². The van der Waals surface area contributed by atoms with Crippen LogP contribution in [0, 0.1) is 4.91 Å². The maximum Gasteiger partial charge on any atom is 0.150 e. The largest absolute Gasteiger partial charge is 0.298 e. The van der Waals surface area contributed by atoms with E-state index in [0.29, 0.717) is 11.3 Å². The van der Waals surface area contributed by atoms with Crippen molar-refractivity contribution >= 4 is 12.0 Å². The van der Waals surface area contributed by atoms with Crippen LogP contribution in [-0.4, -0.2) is 6.29 Å². The van der Waals surface area contributed by atoms with Crippen molar-refractivity contribution in [1.82, 2.24) is 0 Å². The molecule has 0 atom stereocenters. The topological polar surface area (TPSA) is 46.5 Å². The van der Waals surface area contributed by atoms with Gasteiger partial charge in [-0.1, -0.05) is 41.5 Å². The zero-order chi connectivity index (χ0) is 14.1. The number of aldehydes is 1. The molecule has 1 aromatic carbocycles. The summed E-state index contributed by atoms with van der Waals surface area (Å²) in [4.78, 5) is 22.3. The highest BCUT2D eigenvalue weighted by molar-refractivity contribution is 5.78. The second kappa shape index (κ2) is 4.63. The molecule has 0 unspecified atom stereocenters. The first-order chi connectivity index (χ1) is 8.11. The molecule has 0 aromatic heterocycles.